The third-order valence-corrected chi connectivity index (χ3v) is 5.22. The third kappa shape index (κ3) is 4.74. The third-order valence-electron chi connectivity index (χ3n) is 5.22. The zero-order valence-corrected chi connectivity index (χ0v) is 15.1. The largest absolute Gasteiger partial charge is 0.462 e. The second-order valence-electron chi connectivity index (χ2n) is 7.12. The summed E-state index contributed by atoms with van der Waals surface area (Å²) in [6.07, 6.45) is 9.54. The smallest absolute Gasteiger partial charge is 0.246 e. The topological polar surface area (TPSA) is 53.8 Å². The molecule has 5 heteroatoms. The zero-order chi connectivity index (χ0) is 17.6. The molecule has 3 rings (SSSR count). The van der Waals surface area contributed by atoms with Crippen LogP contribution in [-0.4, -0.2) is 47.8 Å². The van der Waals surface area contributed by atoms with Crippen LogP contribution in [0, 0.1) is 12.8 Å². The van der Waals surface area contributed by atoms with Crippen molar-refractivity contribution in [3.05, 3.63) is 29.7 Å². The molecule has 0 spiro atoms. The first-order valence-corrected chi connectivity index (χ1v) is 9.46. The highest BCUT2D eigenvalue weighted by atomic mass is 16.3. The minimum Gasteiger partial charge on any atom is -0.462 e. The van der Waals surface area contributed by atoms with E-state index in [9.17, 15) is 9.59 Å². The fraction of sp³-hybridized carbons (Fsp3) is 0.600. The van der Waals surface area contributed by atoms with Gasteiger partial charge in [0.05, 0.1) is 0 Å². The Morgan fingerprint density at radius 3 is 2.28 bits per heavy atom. The lowest BCUT2D eigenvalue weighted by molar-refractivity contribution is -0.139. The summed E-state index contributed by atoms with van der Waals surface area (Å²) in [7, 11) is 0. The lowest BCUT2D eigenvalue weighted by Crippen LogP contribution is -2.44. The second-order valence-corrected chi connectivity index (χ2v) is 7.12. The van der Waals surface area contributed by atoms with E-state index in [0.29, 0.717) is 24.8 Å². The molecule has 3 heterocycles. The van der Waals surface area contributed by atoms with Gasteiger partial charge in [-0.25, -0.2) is 0 Å². The van der Waals surface area contributed by atoms with Crippen molar-refractivity contribution < 1.29 is 14.0 Å². The zero-order valence-electron chi connectivity index (χ0n) is 15.1. The fourth-order valence-electron chi connectivity index (χ4n) is 3.70. The minimum absolute atomic E-state index is 0.00488. The van der Waals surface area contributed by atoms with Gasteiger partial charge in [-0.1, -0.05) is 12.8 Å². The van der Waals surface area contributed by atoms with Crippen LogP contribution in [0.4, 0.5) is 0 Å². The van der Waals surface area contributed by atoms with Crippen molar-refractivity contribution in [2.24, 2.45) is 5.92 Å². The molecule has 0 radical (unpaired) electrons. The predicted molar refractivity (Wildman–Crippen MR) is 96.8 cm³/mol. The van der Waals surface area contributed by atoms with Gasteiger partial charge in [-0.05, 0) is 50.8 Å². The Kier molecular flexibility index (Phi) is 5.95. The monoisotopic (exact) mass is 344 g/mol. The van der Waals surface area contributed by atoms with Gasteiger partial charge in [0.1, 0.15) is 11.5 Å². The van der Waals surface area contributed by atoms with E-state index in [2.05, 4.69) is 0 Å². The number of carbonyl (C=O) groups excluding carboxylic acids is 2. The molecule has 25 heavy (non-hydrogen) atoms. The molecule has 0 aromatic carbocycles. The first-order valence-electron chi connectivity index (χ1n) is 9.46. The maximum Gasteiger partial charge on any atom is 0.246 e. The van der Waals surface area contributed by atoms with Crippen LogP contribution in [0.15, 0.2) is 22.6 Å². The molecule has 2 aliphatic heterocycles. The van der Waals surface area contributed by atoms with Crippen LogP contribution < -0.4 is 0 Å². The molecule has 2 aliphatic rings. The van der Waals surface area contributed by atoms with Crippen LogP contribution >= 0.6 is 0 Å². The summed E-state index contributed by atoms with van der Waals surface area (Å²) in [6.45, 7) is 5.01. The highest BCUT2D eigenvalue weighted by Crippen LogP contribution is 2.22. The first-order chi connectivity index (χ1) is 12.1. The number of hydrogen-bond acceptors (Lipinski definition) is 3. The number of hydrogen-bond donors (Lipinski definition) is 0. The Labute approximate surface area is 149 Å². The molecule has 0 N–H and O–H groups in total. The van der Waals surface area contributed by atoms with Gasteiger partial charge in [0.2, 0.25) is 11.8 Å². The number of aryl methyl sites for hydroxylation is 1. The first kappa shape index (κ1) is 17.8. The number of likely N-dealkylation sites (tertiary alicyclic amines) is 2. The van der Waals surface area contributed by atoms with E-state index in [4.69, 9.17) is 4.42 Å². The van der Waals surface area contributed by atoms with Gasteiger partial charge in [-0.2, -0.15) is 0 Å². The lowest BCUT2D eigenvalue weighted by atomic mass is 9.95. The Morgan fingerprint density at radius 1 is 1.00 bits per heavy atom. The number of nitrogens with zero attached hydrogens (tertiary/aromatic N) is 2. The highest BCUT2D eigenvalue weighted by molar-refractivity contribution is 5.91. The minimum atomic E-state index is -0.00488. The fourth-order valence-corrected chi connectivity index (χ4v) is 3.70. The highest BCUT2D eigenvalue weighted by Gasteiger charge is 2.29. The van der Waals surface area contributed by atoms with Crippen molar-refractivity contribution in [2.75, 3.05) is 26.2 Å². The van der Waals surface area contributed by atoms with Crippen LogP contribution in [0.5, 0.6) is 0 Å². The number of carbonyl (C=O) groups is 2. The predicted octanol–water partition coefficient (Wildman–Crippen LogP) is 3.24. The molecule has 0 atom stereocenters. The van der Waals surface area contributed by atoms with E-state index in [1.165, 1.54) is 12.8 Å². The second kappa shape index (κ2) is 8.37. The van der Waals surface area contributed by atoms with Crippen LogP contribution in [-0.2, 0) is 9.59 Å². The maximum atomic E-state index is 12.7. The Morgan fingerprint density at radius 2 is 1.68 bits per heavy atom. The van der Waals surface area contributed by atoms with Crippen molar-refractivity contribution in [1.82, 2.24) is 9.80 Å². The molecule has 0 aliphatic carbocycles. The average Bonchev–Trinajstić information content (AvgIpc) is 2.87. The van der Waals surface area contributed by atoms with Crippen LogP contribution in [0.1, 0.15) is 50.0 Å². The molecular weight excluding hydrogens is 316 g/mol. The molecule has 136 valence electrons. The van der Waals surface area contributed by atoms with Crippen LogP contribution in [0.25, 0.3) is 6.08 Å². The molecule has 2 saturated heterocycles. The van der Waals surface area contributed by atoms with E-state index < -0.39 is 0 Å². The molecule has 1 aromatic rings. The van der Waals surface area contributed by atoms with Gasteiger partial charge < -0.3 is 14.2 Å². The van der Waals surface area contributed by atoms with Gasteiger partial charge in [0, 0.05) is 38.2 Å². The van der Waals surface area contributed by atoms with Gasteiger partial charge in [0.15, 0.2) is 0 Å². The maximum absolute atomic E-state index is 12.7. The molecule has 2 amide bonds. The molecule has 5 nitrogen and oxygen atoms in total. The van der Waals surface area contributed by atoms with E-state index in [1.807, 2.05) is 28.9 Å². The van der Waals surface area contributed by atoms with Gasteiger partial charge in [0.25, 0.3) is 0 Å². The average molecular weight is 344 g/mol. The number of rotatable bonds is 3. The normalized spacial score (nSPS) is 20.0. The van der Waals surface area contributed by atoms with Crippen molar-refractivity contribution in [3.63, 3.8) is 0 Å². The summed E-state index contributed by atoms with van der Waals surface area (Å²) >= 11 is 0. The Hall–Kier alpha value is -2.04. The van der Waals surface area contributed by atoms with Gasteiger partial charge in [-0.15, -0.1) is 0 Å². The summed E-state index contributed by atoms with van der Waals surface area (Å²) in [4.78, 5) is 28.9. The van der Waals surface area contributed by atoms with E-state index >= 15 is 0 Å². The van der Waals surface area contributed by atoms with Gasteiger partial charge in [-0.3, -0.25) is 9.59 Å². The Bertz CT molecular complexity index is 619. The number of amides is 2. The van der Waals surface area contributed by atoms with Gasteiger partial charge >= 0.3 is 0 Å². The van der Waals surface area contributed by atoms with Crippen molar-refractivity contribution in [3.8, 4) is 0 Å². The Balaban J connectivity index is 1.48. The molecule has 1 aromatic heterocycles. The summed E-state index contributed by atoms with van der Waals surface area (Å²) in [6, 6.07) is 3.73. The van der Waals surface area contributed by atoms with E-state index in [-0.39, 0.29) is 11.8 Å². The summed E-state index contributed by atoms with van der Waals surface area (Å²) < 4.78 is 5.44. The standard InChI is InChI=1S/C20H28N2O3/c1-16-6-7-18(25-16)8-9-19(23)21-14-10-17(11-15-21)20(24)22-12-4-2-3-5-13-22/h6-9,17H,2-5,10-15H2,1H3/b9-8+. The molecule has 2 fully saturated rings. The van der Waals surface area contributed by atoms with E-state index in [0.717, 1.165) is 44.5 Å². The SMILES string of the molecule is Cc1ccc(/C=C/C(=O)N2CCC(C(=O)N3CCCCCC3)CC2)o1. The van der Waals surface area contributed by atoms with Crippen LogP contribution in [0.2, 0.25) is 0 Å². The van der Waals surface area contributed by atoms with Crippen LogP contribution in [0.3, 0.4) is 0 Å². The quantitative estimate of drug-likeness (QED) is 0.791. The number of piperidine rings is 1. The summed E-state index contributed by atoms with van der Waals surface area (Å²) in [5.41, 5.74) is 0. The van der Waals surface area contributed by atoms with Crippen molar-refractivity contribution in [2.45, 2.75) is 45.4 Å². The molecular formula is C20H28N2O3. The summed E-state index contributed by atoms with van der Waals surface area (Å²) in [5, 5.41) is 0. The molecule has 0 unspecified atom stereocenters. The number of furan rings is 1. The molecule has 0 saturated carbocycles. The summed E-state index contributed by atoms with van der Waals surface area (Å²) in [5.74, 6) is 1.90. The van der Waals surface area contributed by atoms with E-state index in [1.54, 1.807) is 12.2 Å². The van der Waals surface area contributed by atoms with Crippen molar-refractivity contribution in [1.29, 1.82) is 0 Å². The lowest BCUT2D eigenvalue weighted by Gasteiger charge is -2.33. The van der Waals surface area contributed by atoms with Crippen molar-refractivity contribution >= 4 is 17.9 Å². The molecule has 0 bridgehead atoms.